The Labute approximate surface area is 310 Å². The molecule has 0 N–H and O–H groups in total. The van der Waals surface area contributed by atoms with Crippen molar-refractivity contribution in [2.45, 2.75) is 0 Å². The van der Waals surface area contributed by atoms with Crippen LogP contribution in [-0.4, -0.2) is 15.0 Å². The second-order valence-corrected chi connectivity index (χ2v) is 11.9. The average molecular weight is 659 g/mol. The third kappa shape index (κ3) is 5.69. The van der Waals surface area contributed by atoms with E-state index >= 15 is 0 Å². The minimum Gasteiger partial charge on any atom is -0.208 e. The Balaban J connectivity index is 1.40. The molecular formula is C45H29N3S. The summed E-state index contributed by atoms with van der Waals surface area (Å²) < 4.78 is 134. The van der Waals surface area contributed by atoms with Crippen molar-refractivity contribution in [2.24, 2.45) is 0 Å². The zero-order chi connectivity index (χ0) is 45.6. The van der Waals surface area contributed by atoms with E-state index < -0.39 is 118 Å². The number of fused-ring (bicyclic) bond motifs is 3. The van der Waals surface area contributed by atoms with Gasteiger partial charge in [-0.05, 0) is 63.6 Å². The van der Waals surface area contributed by atoms with Crippen molar-refractivity contribution in [3.05, 3.63) is 176 Å². The highest BCUT2D eigenvalue weighted by molar-refractivity contribution is 7.25. The highest BCUT2D eigenvalue weighted by Crippen LogP contribution is 2.38. The highest BCUT2D eigenvalue weighted by Gasteiger charge is 2.16. The third-order valence-electron chi connectivity index (χ3n) is 7.78. The molecule has 0 amide bonds. The SMILES string of the molecule is [2H]c1c([2H])c([2H])c(-c2c([2H])c(-c3nc(-c4ccccc4)nc(-c4ccc(-c5ccccc5)cc4)n3)c([2H])c(-c3c([2H])c([2H])c4c(sc5c([2H])c([2H])c([2H])c([2H])c54)c3[2H])c2[2H])c([2H])c1[2H]. The molecule has 49 heavy (non-hydrogen) atoms. The van der Waals surface area contributed by atoms with Crippen LogP contribution in [0.4, 0.5) is 0 Å². The molecule has 0 bridgehead atoms. The number of rotatable bonds is 6. The van der Waals surface area contributed by atoms with Gasteiger partial charge in [0.15, 0.2) is 17.5 Å². The lowest BCUT2D eigenvalue weighted by atomic mass is 9.95. The lowest BCUT2D eigenvalue weighted by molar-refractivity contribution is 1.07. The largest absolute Gasteiger partial charge is 0.208 e. The maximum Gasteiger partial charge on any atom is 0.164 e. The summed E-state index contributed by atoms with van der Waals surface area (Å²) in [6.07, 6.45) is 0. The smallest absolute Gasteiger partial charge is 0.164 e. The number of thiophene rings is 1. The number of benzene rings is 7. The fourth-order valence-corrected chi connectivity index (χ4v) is 6.37. The maximum absolute atomic E-state index is 9.79. The first kappa shape index (κ1) is 17.3. The quantitative estimate of drug-likeness (QED) is 0.178. The molecule has 0 radical (unpaired) electrons. The van der Waals surface area contributed by atoms with E-state index in [0.29, 0.717) is 11.1 Å². The van der Waals surface area contributed by atoms with E-state index in [1.807, 2.05) is 42.5 Å². The van der Waals surface area contributed by atoms with Crippen LogP contribution in [0.1, 0.15) is 20.6 Å². The van der Waals surface area contributed by atoms with Crippen molar-refractivity contribution >= 4 is 31.5 Å². The number of nitrogens with zero attached hydrogens (tertiary/aromatic N) is 3. The van der Waals surface area contributed by atoms with Crippen LogP contribution in [0.25, 0.3) is 87.7 Å². The van der Waals surface area contributed by atoms with Gasteiger partial charge < -0.3 is 0 Å². The topological polar surface area (TPSA) is 38.7 Å². The minimum atomic E-state index is -0.761. The van der Waals surface area contributed by atoms with Crippen molar-refractivity contribution in [2.75, 3.05) is 0 Å². The monoisotopic (exact) mass is 658 g/mol. The summed E-state index contributed by atoms with van der Waals surface area (Å²) in [7, 11) is 0. The fraction of sp³-hybridized carbons (Fsp3) is 0. The van der Waals surface area contributed by atoms with E-state index in [9.17, 15) is 8.22 Å². The summed E-state index contributed by atoms with van der Waals surface area (Å²) in [5.74, 6) is -0.0445. The predicted molar refractivity (Wildman–Crippen MR) is 205 cm³/mol. The maximum atomic E-state index is 9.79. The van der Waals surface area contributed by atoms with Gasteiger partial charge >= 0.3 is 0 Å². The summed E-state index contributed by atoms with van der Waals surface area (Å²) in [5, 5.41) is -0.161. The summed E-state index contributed by atoms with van der Waals surface area (Å²) in [6, 6.07) is 16.2. The van der Waals surface area contributed by atoms with E-state index in [-0.39, 0.29) is 37.6 Å². The normalized spacial score (nSPS) is 15.6. The molecule has 4 heteroatoms. The van der Waals surface area contributed by atoms with Crippen LogP contribution in [0.5, 0.6) is 0 Å². The van der Waals surface area contributed by atoms with Crippen LogP contribution in [0.3, 0.4) is 0 Å². The van der Waals surface area contributed by atoms with Crippen LogP contribution in [0.15, 0.2) is 176 Å². The van der Waals surface area contributed by atoms with E-state index in [2.05, 4.69) is 0 Å². The van der Waals surface area contributed by atoms with Gasteiger partial charge in [0.1, 0.15) is 0 Å². The molecule has 0 atom stereocenters. The molecule has 230 valence electrons. The molecule has 9 rings (SSSR count). The van der Waals surface area contributed by atoms with Crippen molar-refractivity contribution in [3.8, 4) is 67.5 Å². The van der Waals surface area contributed by atoms with Crippen LogP contribution in [-0.2, 0) is 0 Å². The van der Waals surface area contributed by atoms with Gasteiger partial charge in [0, 0.05) is 36.9 Å². The summed E-state index contributed by atoms with van der Waals surface area (Å²) in [4.78, 5) is 14.3. The Morgan fingerprint density at radius 2 is 0.857 bits per heavy atom. The Morgan fingerprint density at radius 1 is 0.347 bits per heavy atom. The third-order valence-corrected chi connectivity index (χ3v) is 8.80. The second-order valence-electron chi connectivity index (χ2n) is 10.9. The molecule has 7 aromatic carbocycles. The van der Waals surface area contributed by atoms with Crippen LogP contribution >= 0.6 is 11.3 Å². The van der Waals surface area contributed by atoms with Crippen molar-refractivity contribution in [3.63, 3.8) is 0 Å². The van der Waals surface area contributed by atoms with Gasteiger partial charge in [0.25, 0.3) is 0 Å². The minimum absolute atomic E-state index is 0.0294. The zero-order valence-electron chi connectivity index (χ0n) is 40.3. The molecule has 0 saturated heterocycles. The Bertz CT molecular complexity index is 3410. The van der Waals surface area contributed by atoms with Crippen molar-refractivity contribution in [1.29, 1.82) is 0 Å². The Morgan fingerprint density at radius 3 is 1.57 bits per heavy atom. The number of hydrogen-bond donors (Lipinski definition) is 0. The summed E-state index contributed by atoms with van der Waals surface area (Å²) in [5.41, 5.74) is 0.447. The molecule has 9 aromatic rings. The van der Waals surface area contributed by atoms with E-state index in [1.54, 1.807) is 42.5 Å². The second kappa shape index (κ2) is 12.4. The number of hydrogen-bond acceptors (Lipinski definition) is 4. The van der Waals surface area contributed by atoms with Gasteiger partial charge in [-0.2, -0.15) is 0 Å². The molecule has 2 aromatic heterocycles. The highest BCUT2D eigenvalue weighted by atomic mass is 32.1. The molecule has 0 aliphatic carbocycles. The van der Waals surface area contributed by atoms with Gasteiger partial charge in [-0.1, -0.05) is 145 Å². The van der Waals surface area contributed by atoms with Crippen LogP contribution in [0.2, 0.25) is 0 Å². The Hall–Kier alpha value is -6.23. The molecule has 0 saturated carbocycles. The van der Waals surface area contributed by atoms with Crippen LogP contribution in [0, 0.1) is 0 Å². The lowest BCUT2D eigenvalue weighted by Crippen LogP contribution is -2.00. The molecule has 0 spiro atoms. The van der Waals surface area contributed by atoms with E-state index in [1.165, 1.54) is 0 Å². The number of aromatic nitrogens is 3. The first-order valence-corrected chi connectivity index (χ1v) is 16.0. The molecule has 0 fully saturated rings. The molecule has 0 unspecified atom stereocenters. The van der Waals surface area contributed by atoms with Crippen LogP contribution < -0.4 is 0 Å². The zero-order valence-corrected chi connectivity index (χ0v) is 26.1. The molecule has 3 nitrogen and oxygen atoms in total. The van der Waals surface area contributed by atoms with Crippen molar-refractivity contribution in [1.82, 2.24) is 15.0 Å². The van der Waals surface area contributed by atoms with Gasteiger partial charge in [0.2, 0.25) is 0 Å². The van der Waals surface area contributed by atoms with Crippen molar-refractivity contribution < 1.29 is 20.6 Å². The summed E-state index contributed by atoms with van der Waals surface area (Å²) >= 11 is 0.784. The molecule has 0 aliphatic heterocycles. The standard InChI is InChI=1S/C45H29N3S/c1-4-12-30(13-5-1)32-20-22-34(23-21-32)44-46-43(33-16-8-3-9-17-33)47-45(48-44)38-27-36(31-14-6-2-7-15-31)26-37(28-38)35-24-25-40-39-18-10-11-19-41(39)49-42(40)29-35/h1-29H/i2D,6D,7D,10D,11D,14D,15D,18D,19D,24D,25D,26D,27D,28D,29D. The van der Waals surface area contributed by atoms with E-state index in [0.717, 1.165) is 22.5 Å². The average Bonchev–Trinajstić information content (AvgIpc) is 3.72. The van der Waals surface area contributed by atoms with E-state index in [4.69, 9.17) is 27.3 Å². The Kier molecular flexibility index (Phi) is 4.37. The first-order chi connectivity index (χ1) is 30.5. The van der Waals surface area contributed by atoms with Gasteiger partial charge in [-0.15, -0.1) is 11.3 Å². The van der Waals surface area contributed by atoms with Gasteiger partial charge in [0.05, 0.1) is 20.6 Å². The molecular weight excluding hydrogens is 615 g/mol. The summed E-state index contributed by atoms with van der Waals surface area (Å²) in [6.45, 7) is 0. The lowest BCUT2D eigenvalue weighted by Gasteiger charge is -2.13. The predicted octanol–water partition coefficient (Wildman–Crippen LogP) is 12.2. The molecule has 0 aliphatic rings. The van der Waals surface area contributed by atoms with Gasteiger partial charge in [-0.25, -0.2) is 15.0 Å². The molecule has 2 heterocycles. The van der Waals surface area contributed by atoms with Gasteiger partial charge in [-0.3, -0.25) is 0 Å². The fourth-order valence-electron chi connectivity index (χ4n) is 5.40. The first-order valence-electron chi connectivity index (χ1n) is 22.6.